The molecule has 0 aliphatic carbocycles. The van der Waals surface area contributed by atoms with E-state index < -0.39 is 0 Å². The second-order valence-electron chi connectivity index (χ2n) is 21.8. The van der Waals surface area contributed by atoms with Crippen LogP contribution in [0.2, 0.25) is 0 Å². The molecule has 84 heavy (non-hydrogen) atoms. The van der Waals surface area contributed by atoms with Gasteiger partial charge in [0.2, 0.25) is 0 Å². The smallest absolute Gasteiger partial charge is 0.164 e. The highest BCUT2D eigenvalue weighted by Gasteiger charge is 2.26. The third kappa shape index (κ3) is 8.80. The Morgan fingerprint density at radius 3 is 0.786 bits per heavy atom. The zero-order chi connectivity index (χ0) is 56.4. The van der Waals surface area contributed by atoms with Crippen molar-refractivity contribution in [3.63, 3.8) is 0 Å². The average Bonchev–Trinajstić information content (AvgIpc) is 1.71. The van der Waals surface area contributed by atoms with E-state index in [1.165, 1.54) is 43.8 Å². The number of hydrogen-bond acceptors (Lipinski definition) is 6. The Morgan fingerprint density at radius 1 is 0.226 bits per heavy atom. The van der Waals surface area contributed by atoms with Gasteiger partial charge in [0.1, 0.15) is 0 Å². The van der Waals surface area contributed by atoms with E-state index in [1.807, 2.05) is 72.8 Å². The maximum atomic E-state index is 5.42. The predicted octanol–water partition coefficient (Wildman–Crippen LogP) is 18.8. The van der Waals surface area contributed by atoms with E-state index in [9.17, 15) is 0 Å². The molecule has 4 aromatic heterocycles. The topological polar surface area (TPSA) is 87.2 Å². The molecule has 15 rings (SSSR count). The molecule has 0 spiro atoms. The Kier molecular flexibility index (Phi) is 12.2. The fourth-order valence-corrected chi connectivity index (χ4v) is 12.1. The third-order valence-electron chi connectivity index (χ3n) is 16.0. The minimum Gasteiger partial charge on any atom is -0.309 e. The van der Waals surface area contributed by atoms with Crippen LogP contribution in [0.25, 0.3) is 146 Å². The molecule has 0 bridgehead atoms. The van der Waals surface area contributed by atoms with E-state index in [1.54, 1.807) is 0 Å². The summed E-state index contributed by atoms with van der Waals surface area (Å²) in [4.78, 5) is 32.0. The van der Waals surface area contributed by atoms with Crippen molar-refractivity contribution >= 4 is 43.6 Å². The zero-order valence-corrected chi connectivity index (χ0v) is 46.8. The first-order valence-electron chi connectivity index (χ1n) is 28.4. The van der Waals surface area contributed by atoms with Gasteiger partial charge in [-0.15, -0.1) is 0 Å². The molecule has 0 atom stereocenters. The molecule has 0 saturated heterocycles. The molecule has 0 amide bonds. The molecule has 11 aromatic carbocycles. The number of aromatic nitrogens is 8. The van der Waals surface area contributed by atoms with E-state index >= 15 is 0 Å². The lowest BCUT2D eigenvalue weighted by atomic mass is 9.91. The van der Waals surface area contributed by atoms with Gasteiger partial charge in [0.05, 0.1) is 33.4 Å². The molecule has 0 aliphatic heterocycles. The minimum atomic E-state index is 0.557. The largest absolute Gasteiger partial charge is 0.309 e. The molecule has 0 fully saturated rings. The molecule has 15 aromatic rings. The van der Waals surface area contributed by atoms with Crippen LogP contribution in [0.4, 0.5) is 0 Å². The van der Waals surface area contributed by atoms with Crippen LogP contribution >= 0.6 is 0 Å². The number of aryl methyl sites for hydroxylation is 4. The van der Waals surface area contributed by atoms with Crippen molar-refractivity contribution in [2.45, 2.75) is 27.7 Å². The minimum absolute atomic E-state index is 0.557. The maximum Gasteiger partial charge on any atom is 0.164 e. The monoisotopic (exact) mass is 1080 g/mol. The Morgan fingerprint density at radius 2 is 0.488 bits per heavy atom. The van der Waals surface area contributed by atoms with E-state index in [2.05, 4.69) is 219 Å². The first kappa shape index (κ1) is 50.0. The molecule has 398 valence electrons. The Hall–Kier alpha value is -11.0. The lowest BCUT2D eigenvalue weighted by Gasteiger charge is -2.21. The first-order chi connectivity index (χ1) is 41.3. The molecule has 0 N–H and O–H groups in total. The summed E-state index contributed by atoms with van der Waals surface area (Å²) in [6.07, 6.45) is 0. The van der Waals surface area contributed by atoms with Gasteiger partial charge in [-0.05, 0) is 106 Å². The van der Waals surface area contributed by atoms with Crippen LogP contribution in [-0.2, 0) is 0 Å². The van der Waals surface area contributed by atoms with E-state index in [0.717, 1.165) is 89.1 Å². The third-order valence-corrected chi connectivity index (χ3v) is 16.0. The molecule has 0 radical (unpaired) electrons. The molecule has 0 saturated carbocycles. The van der Waals surface area contributed by atoms with Crippen molar-refractivity contribution in [2.24, 2.45) is 0 Å². The standard InChI is InChI=1S/C76H54N8/c1-47-34-38-63-59(42-47)60-43-48(2)35-39-64(60)83(63)67-32-18-30-57(75-79-71(51-20-9-5-10-21-51)77-72(80-75)52-22-11-6-12-23-52)69(67)55-28-17-29-56(46-55)70-58(76-81-73(53-24-13-7-14-25-53)78-74(82-76)54-26-15-8-16-27-54)31-19-33-68(70)84-65-40-36-49(3)44-61(65)62-45-50(4)37-41-66(62)84/h5-46H,1-4H3. The van der Waals surface area contributed by atoms with Crippen LogP contribution < -0.4 is 0 Å². The summed E-state index contributed by atoms with van der Waals surface area (Å²) in [5.41, 5.74) is 20.3. The SMILES string of the molecule is Cc1ccc2c(c1)c1cc(C)ccc1n2-c1cccc(-c2nc(-c3ccccc3)nc(-c3ccccc3)n2)c1-c1cccc(-c2c(-c3nc(-c4ccccc4)nc(-c4ccccc4)n3)cccc2-n2c3ccc(C)cc3c3cc(C)ccc32)c1. The van der Waals surface area contributed by atoms with Gasteiger partial charge in [0, 0.05) is 66.1 Å². The van der Waals surface area contributed by atoms with E-state index in [-0.39, 0.29) is 0 Å². The van der Waals surface area contributed by atoms with Gasteiger partial charge in [-0.2, -0.15) is 0 Å². The van der Waals surface area contributed by atoms with Crippen molar-refractivity contribution < 1.29 is 0 Å². The van der Waals surface area contributed by atoms with Crippen LogP contribution in [0, 0.1) is 27.7 Å². The van der Waals surface area contributed by atoms with Gasteiger partial charge in [-0.25, -0.2) is 29.9 Å². The molecular formula is C76H54N8. The average molecular weight is 1080 g/mol. The maximum absolute atomic E-state index is 5.42. The number of benzene rings is 11. The van der Waals surface area contributed by atoms with Crippen LogP contribution in [0.5, 0.6) is 0 Å². The van der Waals surface area contributed by atoms with Crippen molar-refractivity contribution in [2.75, 3.05) is 0 Å². The number of fused-ring (bicyclic) bond motifs is 6. The van der Waals surface area contributed by atoms with Crippen molar-refractivity contribution in [1.29, 1.82) is 0 Å². The molecule has 8 heteroatoms. The number of hydrogen-bond donors (Lipinski definition) is 0. The summed E-state index contributed by atoms with van der Waals surface area (Å²) in [6.45, 7) is 8.67. The highest BCUT2D eigenvalue weighted by molar-refractivity contribution is 6.12. The lowest BCUT2D eigenvalue weighted by Crippen LogP contribution is -2.05. The lowest BCUT2D eigenvalue weighted by molar-refractivity contribution is 1.07. The van der Waals surface area contributed by atoms with Crippen molar-refractivity contribution in [3.05, 3.63) is 277 Å². The van der Waals surface area contributed by atoms with Crippen LogP contribution in [0.3, 0.4) is 0 Å². The van der Waals surface area contributed by atoms with Gasteiger partial charge >= 0.3 is 0 Å². The summed E-state index contributed by atoms with van der Waals surface area (Å²) in [5.74, 6) is 3.46. The van der Waals surface area contributed by atoms with Gasteiger partial charge in [-0.3, -0.25) is 0 Å². The summed E-state index contributed by atoms with van der Waals surface area (Å²) in [6, 6.07) is 89.9. The second kappa shape index (κ2) is 20.5. The molecule has 0 aliphatic rings. The normalized spacial score (nSPS) is 11.6. The van der Waals surface area contributed by atoms with Gasteiger partial charge < -0.3 is 9.13 Å². The number of nitrogens with zero attached hydrogens (tertiary/aromatic N) is 8. The van der Waals surface area contributed by atoms with Crippen LogP contribution in [0.15, 0.2) is 255 Å². The van der Waals surface area contributed by atoms with Crippen molar-refractivity contribution in [1.82, 2.24) is 39.0 Å². The number of rotatable bonds is 10. The van der Waals surface area contributed by atoms with E-state index in [4.69, 9.17) is 29.9 Å². The van der Waals surface area contributed by atoms with Crippen LogP contribution in [-0.4, -0.2) is 39.0 Å². The molecule has 4 heterocycles. The second-order valence-corrected chi connectivity index (χ2v) is 21.8. The fraction of sp³-hybridized carbons (Fsp3) is 0.0526. The highest BCUT2D eigenvalue weighted by atomic mass is 15.1. The summed E-state index contributed by atoms with van der Waals surface area (Å²) in [5, 5.41) is 4.76. The molecular weight excluding hydrogens is 1020 g/mol. The Bertz CT molecular complexity index is 4500. The van der Waals surface area contributed by atoms with Crippen molar-refractivity contribution in [3.8, 4) is 102 Å². The first-order valence-corrected chi connectivity index (χ1v) is 28.4. The molecule has 8 nitrogen and oxygen atoms in total. The zero-order valence-electron chi connectivity index (χ0n) is 46.8. The van der Waals surface area contributed by atoms with Gasteiger partial charge in [0.25, 0.3) is 0 Å². The van der Waals surface area contributed by atoms with E-state index in [0.29, 0.717) is 34.9 Å². The predicted molar refractivity (Wildman–Crippen MR) is 344 cm³/mol. The molecule has 0 unspecified atom stereocenters. The van der Waals surface area contributed by atoms with Crippen LogP contribution in [0.1, 0.15) is 22.3 Å². The Balaban J connectivity index is 1.05. The quantitative estimate of drug-likeness (QED) is 0.136. The summed E-state index contributed by atoms with van der Waals surface area (Å²) in [7, 11) is 0. The van der Waals surface area contributed by atoms with Gasteiger partial charge in [-0.1, -0.05) is 210 Å². The fourth-order valence-electron chi connectivity index (χ4n) is 12.1. The summed E-state index contributed by atoms with van der Waals surface area (Å²) < 4.78 is 4.85. The highest BCUT2D eigenvalue weighted by Crippen LogP contribution is 2.46. The summed E-state index contributed by atoms with van der Waals surface area (Å²) >= 11 is 0. The van der Waals surface area contributed by atoms with Gasteiger partial charge in [0.15, 0.2) is 34.9 Å². The Labute approximate surface area is 486 Å².